The molecule has 1 aromatic carbocycles. The number of rotatable bonds is 4. The van der Waals surface area contributed by atoms with Crippen LogP contribution in [0.15, 0.2) is 22.7 Å². The van der Waals surface area contributed by atoms with Crippen LogP contribution in [0, 0.1) is 5.82 Å². The minimum atomic E-state index is -0.143. The Kier molecular flexibility index (Phi) is 4.54. The summed E-state index contributed by atoms with van der Waals surface area (Å²) in [5, 5.41) is 3.47. The van der Waals surface area contributed by atoms with Crippen LogP contribution in [-0.2, 0) is 11.2 Å². The van der Waals surface area contributed by atoms with Crippen LogP contribution in [0.25, 0.3) is 0 Å². The monoisotopic (exact) mass is 301 g/mol. The van der Waals surface area contributed by atoms with Crippen LogP contribution < -0.4 is 5.32 Å². The largest absolute Gasteiger partial charge is 0.380 e. The Morgan fingerprint density at radius 3 is 3.06 bits per heavy atom. The molecule has 0 spiro atoms. The smallest absolute Gasteiger partial charge is 0.127 e. The molecule has 0 saturated carbocycles. The van der Waals surface area contributed by atoms with Gasteiger partial charge in [0, 0.05) is 23.2 Å². The number of ether oxygens (including phenoxy) is 1. The summed E-state index contributed by atoms with van der Waals surface area (Å²) in [6.45, 7) is 3.68. The van der Waals surface area contributed by atoms with Crippen molar-refractivity contribution in [1.29, 1.82) is 0 Å². The van der Waals surface area contributed by atoms with Gasteiger partial charge in [-0.25, -0.2) is 4.39 Å². The lowest BCUT2D eigenvalue weighted by atomic mass is 10.1. The van der Waals surface area contributed by atoms with E-state index in [1.54, 1.807) is 0 Å². The summed E-state index contributed by atoms with van der Waals surface area (Å²) >= 11 is 3.26. The first-order chi connectivity index (χ1) is 8.15. The predicted octanol–water partition coefficient (Wildman–Crippen LogP) is 2.90. The van der Waals surface area contributed by atoms with Crippen molar-refractivity contribution in [2.75, 3.05) is 13.2 Å². The van der Waals surface area contributed by atoms with Gasteiger partial charge in [0.25, 0.3) is 0 Å². The zero-order valence-corrected chi connectivity index (χ0v) is 11.5. The van der Waals surface area contributed by atoms with Gasteiger partial charge in [-0.1, -0.05) is 22.0 Å². The van der Waals surface area contributed by atoms with E-state index in [0.29, 0.717) is 12.5 Å². The summed E-state index contributed by atoms with van der Waals surface area (Å²) in [5.41, 5.74) is 0.757. The van der Waals surface area contributed by atoms with Gasteiger partial charge < -0.3 is 10.1 Å². The summed E-state index contributed by atoms with van der Waals surface area (Å²) in [4.78, 5) is 0. The normalized spacial score (nSPS) is 21.7. The molecule has 1 aliphatic heterocycles. The Bertz CT molecular complexity index is 380. The predicted molar refractivity (Wildman–Crippen MR) is 69.6 cm³/mol. The van der Waals surface area contributed by atoms with Crippen LogP contribution in [0.5, 0.6) is 0 Å². The van der Waals surface area contributed by atoms with Crippen LogP contribution in [0.1, 0.15) is 18.9 Å². The maximum atomic E-state index is 13.6. The second-order valence-electron chi connectivity index (χ2n) is 4.57. The highest BCUT2D eigenvalue weighted by molar-refractivity contribution is 9.10. The Morgan fingerprint density at radius 1 is 1.59 bits per heavy atom. The van der Waals surface area contributed by atoms with E-state index in [9.17, 15) is 4.39 Å². The molecule has 17 heavy (non-hydrogen) atoms. The quantitative estimate of drug-likeness (QED) is 0.923. The molecule has 0 amide bonds. The van der Waals surface area contributed by atoms with Crippen LogP contribution in [0.3, 0.4) is 0 Å². The molecule has 0 bridgehead atoms. The molecule has 0 radical (unpaired) electrons. The van der Waals surface area contributed by atoms with Crippen molar-refractivity contribution in [2.24, 2.45) is 0 Å². The van der Waals surface area contributed by atoms with Crippen LogP contribution in [0.4, 0.5) is 4.39 Å². The van der Waals surface area contributed by atoms with E-state index in [1.807, 2.05) is 12.1 Å². The fourth-order valence-electron chi connectivity index (χ4n) is 2.14. The Morgan fingerprint density at radius 2 is 2.41 bits per heavy atom. The van der Waals surface area contributed by atoms with Gasteiger partial charge >= 0.3 is 0 Å². The molecule has 1 N–H and O–H groups in total. The SMILES string of the molecule is C[C@@H](Cc1ccc(Br)cc1F)N[C@@H]1CCOC1. The van der Waals surface area contributed by atoms with Gasteiger partial charge in [0.1, 0.15) is 5.82 Å². The number of halogens is 2. The zero-order chi connectivity index (χ0) is 12.3. The van der Waals surface area contributed by atoms with E-state index in [-0.39, 0.29) is 11.9 Å². The van der Waals surface area contributed by atoms with Crippen LogP contribution in [0.2, 0.25) is 0 Å². The fourth-order valence-corrected chi connectivity index (χ4v) is 2.48. The Balaban J connectivity index is 1.90. The average molecular weight is 302 g/mol. The summed E-state index contributed by atoms with van der Waals surface area (Å²) in [6.07, 6.45) is 1.75. The maximum absolute atomic E-state index is 13.6. The lowest BCUT2D eigenvalue weighted by Gasteiger charge is -2.18. The molecular formula is C13H17BrFNO. The minimum Gasteiger partial charge on any atom is -0.380 e. The molecule has 1 fully saturated rings. The van der Waals surface area contributed by atoms with Crippen molar-refractivity contribution in [1.82, 2.24) is 5.32 Å². The molecule has 2 rings (SSSR count). The fraction of sp³-hybridized carbons (Fsp3) is 0.538. The van der Waals surface area contributed by atoms with E-state index in [0.717, 1.165) is 29.7 Å². The van der Waals surface area contributed by atoms with Crippen molar-refractivity contribution < 1.29 is 9.13 Å². The third-order valence-electron chi connectivity index (χ3n) is 2.99. The van der Waals surface area contributed by atoms with Gasteiger partial charge in [-0.05, 0) is 37.5 Å². The van der Waals surface area contributed by atoms with E-state index >= 15 is 0 Å². The van der Waals surface area contributed by atoms with Crippen LogP contribution in [-0.4, -0.2) is 25.3 Å². The molecule has 0 aromatic heterocycles. The van der Waals surface area contributed by atoms with Gasteiger partial charge in [-0.15, -0.1) is 0 Å². The second kappa shape index (κ2) is 5.94. The first kappa shape index (κ1) is 13.0. The minimum absolute atomic E-state index is 0.143. The molecule has 1 saturated heterocycles. The standard InChI is InChI=1S/C13H17BrFNO/c1-9(16-12-4-5-17-8-12)6-10-2-3-11(14)7-13(10)15/h2-3,7,9,12,16H,4-6,8H2,1H3/t9-,12+/m0/s1. The van der Waals surface area contributed by atoms with Gasteiger partial charge in [0.2, 0.25) is 0 Å². The lowest BCUT2D eigenvalue weighted by molar-refractivity contribution is 0.188. The first-order valence-electron chi connectivity index (χ1n) is 5.93. The molecule has 0 unspecified atom stereocenters. The van der Waals surface area contributed by atoms with E-state index in [4.69, 9.17) is 4.74 Å². The van der Waals surface area contributed by atoms with E-state index in [2.05, 4.69) is 28.2 Å². The second-order valence-corrected chi connectivity index (χ2v) is 5.48. The van der Waals surface area contributed by atoms with Crippen molar-refractivity contribution in [2.45, 2.75) is 31.8 Å². The average Bonchev–Trinajstić information content (AvgIpc) is 2.75. The van der Waals surface area contributed by atoms with E-state index < -0.39 is 0 Å². The number of benzene rings is 1. The molecule has 94 valence electrons. The van der Waals surface area contributed by atoms with Gasteiger partial charge in [-0.3, -0.25) is 0 Å². The lowest BCUT2D eigenvalue weighted by Crippen LogP contribution is -2.38. The van der Waals surface area contributed by atoms with Crippen molar-refractivity contribution in [3.63, 3.8) is 0 Å². The summed E-state index contributed by atoms with van der Waals surface area (Å²) in [5.74, 6) is -0.143. The van der Waals surface area contributed by atoms with Crippen molar-refractivity contribution >= 4 is 15.9 Å². The highest BCUT2D eigenvalue weighted by Crippen LogP contribution is 2.17. The summed E-state index contributed by atoms with van der Waals surface area (Å²) < 4.78 is 19.7. The molecule has 2 atom stereocenters. The zero-order valence-electron chi connectivity index (χ0n) is 9.88. The maximum Gasteiger partial charge on any atom is 0.127 e. The first-order valence-corrected chi connectivity index (χ1v) is 6.72. The summed E-state index contributed by atoms with van der Waals surface area (Å²) in [6, 6.07) is 5.91. The third-order valence-corrected chi connectivity index (χ3v) is 3.48. The number of hydrogen-bond acceptors (Lipinski definition) is 2. The van der Waals surface area contributed by atoms with Crippen molar-refractivity contribution in [3.8, 4) is 0 Å². The molecule has 1 aromatic rings. The van der Waals surface area contributed by atoms with Gasteiger partial charge in [0.05, 0.1) is 6.61 Å². The van der Waals surface area contributed by atoms with Crippen LogP contribution >= 0.6 is 15.9 Å². The van der Waals surface area contributed by atoms with E-state index in [1.165, 1.54) is 6.07 Å². The topological polar surface area (TPSA) is 21.3 Å². The summed E-state index contributed by atoms with van der Waals surface area (Å²) in [7, 11) is 0. The number of nitrogens with one attached hydrogen (secondary N) is 1. The van der Waals surface area contributed by atoms with Gasteiger partial charge in [0.15, 0.2) is 0 Å². The highest BCUT2D eigenvalue weighted by atomic mass is 79.9. The molecule has 1 heterocycles. The van der Waals surface area contributed by atoms with Crippen molar-refractivity contribution in [3.05, 3.63) is 34.1 Å². The Hall–Kier alpha value is -0.450. The Labute approximate surface area is 110 Å². The molecule has 2 nitrogen and oxygen atoms in total. The molecule has 4 heteroatoms. The number of hydrogen-bond donors (Lipinski definition) is 1. The third kappa shape index (κ3) is 3.76. The highest BCUT2D eigenvalue weighted by Gasteiger charge is 2.18. The molecular weight excluding hydrogens is 285 g/mol. The molecule has 1 aliphatic rings. The molecule has 0 aliphatic carbocycles. The van der Waals surface area contributed by atoms with Gasteiger partial charge in [-0.2, -0.15) is 0 Å².